The first-order valence-electron chi connectivity index (χ1n) is 6.70. The second-order valence-electron chi connectivity index (χ2n) is 4.93. The third kappa shape index (κ3) is 3.98. The van der Waals surface area contributed by atoms with E-state index in [-0.39, 0.29) is 11.2 Å². The van der Waals surface area contributed by atoms with Gasteiger partial charge in [-0.05, 0) is 50.2 Å². The van der Waals surface area contributed by atoms with Crippen LogP contribution in [-0.4, -0.2) is 11.2 Å². The van der Waals surface area contributed by atoms with Crippen LogP contribution >= 0.6 is 11.8 Å². The second-order valence-corrected chi connectivity index (χ2v) is 6.29. The van der Waals surface area contributed by atoms with Gasteiger partial charge in [0.2, 0.25) is 5.91 Å². The Bertz CT molecular complexity index is 658. The van der Waals surface area contributed by atoms with Gasteiger partial charge >= 0.3 is 0 Å². The highest BCUT2D eigenvalue weighted by Gasteiger charge is 2.19. The molecule has 5 heteroatoms. The number of anilines is 1. The van der Waals surface area contributed by atoms with E-state index < -0.39 is 0 Å². The molecule has 0 aliphatic heterocycles. The summed E-state index contributed by atoms with van der Waals surface area (Å²) in [6.45, 7) is 5.76. The number of hydrogen-bond donors (Lipinski definition) is 1. The van der Waals surface area contributed by atoms with Gasteiger partial charge in [-0.1, -0.05) is 17.7 Å². The maximum Gasteiger partial charge on any atom is 0.252 e. The highest BCUT2D eigenvalue weighted by molar-refractivity contribution is 8.00. The van der Waals surface area contributed by atoms with E-state index in [1.54, 1.807) is 25.1 Å². The van der Waals surface area contributed by atoms with Gasteiger partial charge in [-0.25, -0.2) is 0 Å². The topological polar surface area (TPSA) is 56.0 Å². The molecule has 21 heavy (non-hydrogen) atoms. The van der Waals surface area contributed by atoms with Crippen molar-refractivity contribution in [1.82, 2.24) is 0 Å². The first kappa shape index (κ1) is 15.4. The predicted octanol–water partition coefficient (Wildman–Crippen LogP) is 3.06. The zero-order valence-corrected chi connectivity index (χ0v) is 13.1. The van der Waals surface area contributed by atoms with Crippen LogP contribution in [0.5, 0.6) is 0 Å². The summed E-state index contributed by atoms with van der Waals surface area (Å²) in [6.07, 6.45) is 1.43. The van der Waals surface area contributed by atoms with Gasteiger partial charge in [0, 0.05) is 17.8 Å². The fraction of sp³-hybridized carbons (Fsp3) is 0.250. The summed E-state index contributed by atoms with van der Waals surface area (Å²) < 4.78 is 0.769. The molecule has 1 heterocycles. The zero-order valence-electron chi connectivity index (χ0n) is 12.3. The van der Waals surface area contributed by atoms with E-state index in [4.69, 9.17) is 0 Å². The molecule has 0 bridgehead atoms. The van der Waals surface area contributed by atoms with E-state index in [0.717, 1.165) is 21.5 Å². The summed E-state index contributed by atoms with van der Waals surface area (Å²) in [4.78, 5) is 12.2. The Hall–Kier alpha value is -2.01. The summed E-state index contributed by atoms with van der Waals surface area (Å²) in [5.74, 6) is -0.115. The maximum absolute atomic E-state index is 12.2. The Kier molecular flexibility index (Phi) is 4.85. The van der Waals surface area contributed by atoms with Gasteiger partial charge in [-0.2, -0.15) is 4.73 Å². The van der Waals surface area contributed by atoms with Crippen LogP contribution in [0.3, 0.4) is 0 Å². The van der Waals surface area contributed by atoms with Crippen LogP contribution in [0.15, 0.2) is 47.6 Å². The van der Waals surface area contributed by atoms with Gasteiger partial charge in [0.1, 0.15) is 0 Å². The van der Waals surface area contributed by atoms with Crippen LogP contribution in [-0.2, 0) is 4.79 Å². The van der Waals surface area contributed by atoms with Crippen molar-refractivity contribution in [2.75, 3.05) is 5.32 Å². The average molecular weight is 302 g/mol. The van der Waals surface area contributed by atoms with Crippen LogP contribution in [0.2, 0.25) is 0 Å². The molecule has 0 aliphatic carbocycles. The Morgan fingerprint density at radius 1 is 1.29 bits per heavy atom. The van der Waals surface area contributed by atoms with Crippen molar-refractivity contribution in [3.05, 3.63) is 58.9 Å². The van der Waals surface area contributed by atoms with Gasteiger partial charge < -0.3 is 10.5 Å². The zero-order chi connectivity index (χ0) is 15.4. The monoisotopic (exact) mass is 302 g/mol. The molecule has 1 atom stereocenters. The predicted molar refractivity (Wildman–Crippen MR) is 85.3 cm³/mol. The molecule has 4 nitrogen and oxygen atoms in total. The molecule has 0 unspecified atom stereocenters. The summed E-state index contributed by atoms with van der Waals surface area (Å²) in [5.41, 5.74) is 2.99. The number of nitrogens with zero attached hydrogens (tertiary/aromatic N) is 1. The van der Waals surface area contributed by atoms with Gasteiger partial charge in [-0.3, -0.25) is 4.79 Å². The quantitative estimate of drug-likeness (QED) is 0.536. The minimum atomic E-state index is -0.353. The fourth-order valence-corrected chi connectivity index (χ4v) is 2.78. The Morgan fingerprint density at radius 2 is 2.05 bits per heavy atom. The van der Waals surface area contributed by atoms with E-state index in [0.29, 0.717) is 5.03 Å². The smallest absolute Gasteiger partial charge is 0.252 e. The summed E-state index contributed by atoms with van der Waals surface area (Å²) in [6, 6.07) is 11.0. The number of amides is 1. The molecule has 2 aromatic rings. The minimum Gasteiger partial charge on any atom is -0.618 e. The van der Waals surface area contributed by atoms with Crippen molar-refractivity contribution in [3.63, 3.8) is 0 Å². The number of thioether (sulfide) groups is 1. The molecule has 1 aromatic carbocycles. The minimum absolute atomic E-state index is 0.115. The number of aryl methyl sites for hydroxylation is 2. The van der Waals surface area contributed by atoms with Gasteiger partial charge in [0.15, 0.2) is 6.20 Å². The molecule has 0 saturated heterocycles. The lowest BCUT2D eigenvalue weighted by Crippen LogP contribution is -2.30. The average Bonchev–Trinajstić information content (AvgIpc) is 2.44. The molecule has 1 N–H and O–H groups in total. The third-order valence-electron chi connectivity index (χ3n) is 3.10. The van der Waals surface area contributed by atoms with Crippen molar-refractivity contribution in [1.29, 1.82) is 0 Å². The summed E-state index contributed by atoms with van der Waals surface area (Å²) in [5, 5.41) is 14.7. The fourth-order valence-electron chi connectivity index (χ4n) is 1.93. The van der Waals surface area contributed by atoms with Crippen LogP contribution in [0.1, 0.15) is 18.1 Å². The standard InChI is InChI=1S/C16H18N2O2S/c1-11-7-8-14(12(2)10-11)17-16(19)13(3)21-15-6-4-5-9-18(15)20/h4-10,13H,1-3H3,(H,17,19)/t13-/m1/s1. The number of hydrogen-bond acceptors (Lipinski definition) is 3. The number of pyridine rings is 1. The Labute approximate surface area is 128 Å². The highest BCUT2D eigenvalue weighted by Crippen LogP contribution is 2.22. The molecule has 0 spiro atoms. The van der Waals surface area contributed by atoms with Gasteiger partial charge in [-0.15, -0.1) is 0 Å². The largest absolute Gasteiger partial charge is 0.618 e. The molecule has 1 aromatic heterocycles. The number of benzene rings is 1. The number of rotatable bonds is 4. The Balaban J connectivity index is 2.04. The normalized spacial score (nSPS) is 12.0. The van der Waals surface area contributed by atoms with E-state index in [2.05, 4.69) is 5.32 Å². The SMILES string of the molecule is Cc1ccc(NC(=O)[C@@H](C)Sc2cccc[n+]2[O-])c(C)c1. The molecule has 2 rings (SSSR count). The molecule has 0 saturated carbocycles. The molecule has 1 amide bonds. The van der Waals surface area contributed by atoms with Crippen molar-refractivity contribution in [3.8, 4) is 0 Å². The molecular weight excluding hydrogens is 284 g/mol. The van der Waals surface area contributed by atoms with Crippen molar-refractivity contribution in [2.45, 2.75) is 31.0 Å². The van der Waals surface area contributed by atoms with Crippen molar-refractivity contribution >= 4 is 23.4 Å². The summed E-state index contributed by atoms with van der Waals surface area (Å²) in [7, 11) is 0. The number of carbonyl (C=O) groups excluding carboxylic acids is 1. The van der Waals surface area contributed by atoms with Crippen LogP contribution in [0.4, 0.5) is 5.69 Å². The van der Waals surface area contributed by atoms with E-state index >= 15 is 0 Å². The third-order valence-corrected chi connectivity index (χ3v) is 4.22. The Morgan fingerprint density at radius 3 is 2.71 bits per heavy atom. The van der Waals surface area contributed by atoms with E-state index in [1.807, 2.05) is 32.0 Å². The van der Waals surface area contributed by atoms with E-state index in [9.17, 15) is 10.0 Å². The lowest BCUT2D eigenvalue weighted by Gasteiger charge is -2.13. The van der Waals surface area contributed by atoms with Gasteiger partial charge in [0.05, 0.1) is 5.25 Å². The van der Waals surface area contributed by atoms with Crippen LogP contribution < -0.4 is 10.0 Å². The van der Waals surface area contributed by atoms with Crippen LogP contribution in [0.25, 0.3) is 0 Å². The molecule has 110 valence electrons. The molecular formula is C16H18N2O2S. The van der Waals surface area contributed by atoms with Crippen molar-refractivity contribution in [2.24, 2.45) is 0 Å². The highest BCUT2D eigenvalue weighted by atomic mass is 32.2. The number of carbonyl (C=O) groups is 1. The number of aromatic nitrogens is 1. The molecule has 0 radical (unpaired) electrons. The molecule has 0 aliphatic rings. The van der Waals surface area contributed by atoms with Gasteiger partial charge in [0.25, 0.3) is 5.03 Å². The first-order valence-corrected chi connectivity index (χ1v) is 7.58. The second kappa shape index (κ2) is 6.63. The lowest BCUT2D eigenvalue weighted by molar-refractivity contribution is -0.645. The lowest BCUT2D eigenvalue weighted by atomic mass is 10.1. The van der Waals surface area contributed by atoms with Crippen LogP contribution in [0, 0.1) is 19.1 Å². The van der Waals surface area contributed by atoms with Crippen molar-refractivity contribution < 1.29 is 9.52 Å². The number of nitrogens with one attached hydrogen (secondary N) is 1. The summed E-state index contributed by atoms with van der Waals surface area (Å²) >= 11 is 1.24. The molecule has 0 fully saturated rings. The maximum atomic E-state index is 12.2. The van der Waals surface area contributed by atoms with E-state index in [1.165, 1.54) is 18.0 Å². The first-order chi connectivity index (χ1) is 9.97.